The molecule has 4 aromatic rings. The fourth-order valence-electron chi connectivity index (χ4n) is 8.58. The van der Waals surface area contributed by atoms with Crippen LogP contribution in [0, 0.1) is 13.8 Å². The number of pyridine rings is 2. The van der Waals surface area contributed by atoms with Gasteiger partial charge in [-0.05, 0) is 62.8 Å². The van der Waals surface area contributed by atoms with Crippen LogP contribution in [-0.4, -0.2) is 119 Å². The van der Waals surface area contributed by atoms with E-state index in [0.717, 1.165) is 48.2 Å². The van der Waals surface area contributed by atoms with Gasteiger partial charge >= 0.3 is 12.1 Å². The molecule has 3 amide bonds. The van der Waals surface area contributed by atoms with Crippen molar-refractivity contribution in [3.63, 3.8) is 0 Å². The van der Waals surface area contributed by atoms with Crippen LogP contribution in [0.2, 0.25) is 0 Å². The summed E-state index contributed by atoms with van der Waals surface area (Å²) in [7, 11) is 6.51. The molecule has 1 N–H and O–H groups in total. The molecule has 8 heterocycles. The third-order valence-corrected chi connectivity index (χ3v) is 12.2. The van der Waals surface area contributed by atoms with Crippen LogP contribution >= 0.6 is 0 Å². The highest BCUT2D eigenvalue weighted by Gasteiger charge is 2.34. The first-order valence-corrected chi connectivity index (χ1v) is 22.9. The number of carbonyl (C=O) groups is 2. The molecular formula is C46H67F4N11O5. The van der Waals surface area contributed by atoms with Crippen molar-refractivity contribution in [2.45, 2.75) is 118 Å². The predicted molar refractivity (Wildman–Crippen MR) is 244 cm³/mol. The number of halogens is 4. The molecule has 0 spiro atoms. The molecule has 8 rings (SSSR count). The standard InChI is InChI=1S/C21H28F2N6O2.C21H27F2N5O3.2C2H6/c1-13-11-25-18(10-15(13)19(22)23)27(3)20-16-12-28(21(30)24-2)7-4-17(16)29(26-20)14-5-8-31-9-6-14;1-13-11-24-18(10-15(13)19(22)23)26(2)20-16-12-27(21(29)30-3)7-4-17(16)28(25-20)14-5-8-31-9-6-14;2*1-2/h10-11,14,19H,4-9,12H2,1-3H3,(H,24,30);10-11,14,19H,4-9,12H2,1-3H3;2*1-2H3. The molecular weight excluding hydrogens is 863 g/mol. The van der Waals surface area contributed by atoms with E-state index in [1.54, 1.807) is 54.6 Å². The molecule has 4 aliphatic rings. The molecule has 4 aromatic heterocycles. The lowest BCUT2D eigenvalue weighted by molar-refractivity contribution is 0.0649. The number of aromatic nitrogens is 6. The van der Waals surface area contributed by atoms with Crippen molar-refractivity contribution >= 4 is 35.4 Å². The van der Waals surface area contributed by atoms with Crippen LogP contribution < -0.4 is 15.1 Å². The maximum absolute atomic E-state index is 13.4. The molecule has 2 fully saturated rings. The number of nitrogens with zero attached hydrogens (tertiary/aromatic N) is 10. The van der Waals surface area contributed by atoms with E-state index in [2.05, 4.69) is 20.0 Å². The van der Waals surface area contributed by atoms with Crippen LogP contribution in [0.25, 0.3) is 0 Å². The fraction of sp³-hybridized carbons (Fsp3) is 0.609. The Bertz CT molecular complexity index is 2070. The van der Waals surface area contributed by atoms with Gasteiger partial charge in [0.1, 0.15) is 11.6 Å². The lowest BCUT2D eigenvalue weighted by Crippen LogP contribution is -2.41. The first-order valence-electron chi connectivity index (χ1n) is 22.9. The Morgan fingerprint density at radius 2 is 1.11 bits per heavy atom. The minimum absolute atomic E-state index is 0.0402. The number of hydrogen-bond acceptors (Lipinski definition) is 11. The second kappa shape index (κ2) is 23.8. The number of hydrogen-bond donors (Lipinski definition) is 1. The quantitative estimate of drug-likeness (QED) is 0.169. The summed E-state index contributed by atoms with van der Waals surface area (Å²) in [6.07, 6.45) is 2.15. The number of methoxy groups -OCH3 is 1. The van der Waals surface area contributed by atoms with Gasteiger partial charge in [0, 0.05) is 120 Å². The molecule has 16 nitrogen and oxygen atoms in total. The van der Waals surface area contributed by atoms with Crippen molar-refractivity contribution < 1.29 is 41.4 Å². The first-order chi connectivity index (χ1) is 31.8. The average Bonchev–Trinajstić information content (AvgIpc) is 3.94. The van der Waals surface area contributed by atoms with Crippen LogP contribution in [0.4, 0.5) is 50.4 Å². The molecule has 0 aromatic carbocycles. The van der Waals surface area contributed by atoms with Gasteiger partial charge in [0.05, 0.1) is 32.3 Å². The highest BCUT2D eigenvalue weighted by Crippen LogP contribution is 2.38. The number of urea groups is 1. The van der Waals surface area contributed by atoms with Crippen LogP contribution in [0.15, 0.2) is 24.5 Å². The van der Waals surface area contributed by atoms with Crippen molar-refractivity contribution in [2.24, 2.45) is 0 Å². The summed E-state index contributed by atoms with van der Waals surface area (Å²) in [6.45, 7) is 15.9. The molecule has 0 aliphatic carbocycles. The molecule has 0 saturated carbocycles. The van der Waals surface area contributed by atoms with Gasteiger partial charge in [0.2, 0.25) is 0 Å². The number of aryl methyl sites for hydroxylation is 2. The van der Waals surface area contributed by atoms with Gasteiger partial charge < -0.3 is 39.1 Å². The lowest BCUT2D eigenvalue weighted by atomic mass is 10.0. The second-order valence-electron chi connectivity index (χ2n) is 16.0. The van der Waals surface area contributed by atoms with E-state index in [4.69, 9.17) is 24.4 Å². The number of alkyl halides is 4. The van der Waals surface area contributed by atoms with E-state index in [1.165, 1.54) is 31.6 Å². The van der Waals surface area contributed by atoms with Gasteiger partial charge in [-0.3, -0.25) is 9.36 Å². The van der Waals surface area contributed by atoms with Crippen LogP contribution in [0.1, 0.15) is 123 Å². The molecule has 66 heavy (non-hydrogen) atoms. The van der Waals surface area contributed by atoms with Crippen molar-refractivity contribution in [2.75, 3.05) is 77.6 Å². The third-order valence-electron chi connectivity index (χ3n) is 12.2. The third kappa shape index (κ3) is 11.4. The molecule has 0 bridgehead atoms. The van der Waals surface area contributed by atoms with Crippen LogP contribution in [0.5, 0.6) is 0 Å². The molecule has 4 aliphatic heterocycles. The highest BCUT2D eigenvalue weighted by atomic mass is 19.3. The molecule has 0 unspecified atom stereocenters. The minimum Gasteiger partial charge on any atom is -0.453 e. The Balaban J connectivity index is 0.000000230. The summed E-state index contributed by atoms with van der Waals surface area (Å²) in [5.41, 5.74) is 4.79. The summed E-state index contributed by atoms with van der Waals surface area (Å²) in [5.74, 6) is 2.05. The Morgan fingerprint density at radius 1 is 0.712 bits per heavy atom. The smallest absolute Gasteiger partial charge is 0.409 e. The molecule has 2 saturated heterocycles. The van der Waals surface area contributed by atoms with Crippen molar-refractivity contribution in [1.29, 1.82) is 0 Å². The number of anilines is 4. The van der Waals surface area contributed by atoms with E-state index in [1.807, 2.05) is 32.4 Å². The normalized spacial score (nSPS) is 16.2. The summed E-state index contributed by atoms with van der Waals surface area (Å²) < 4.78 is 73.8. The largest absolute Gasteiger partial charge is 0.453 e. The van der Waals surface area contributed by atoms with Gasteiger partial charge in [0.25, 0.3) is 12.9 Å². The van der Waals surface area contributed by atoms with Gasteiger partial charge in [-0.1, -0.05) is 27.7 Å². The van der Waals surface area contributed by atoms with E-state index in [9.17, 15) is 27.2 Å². The number of ether oxygens (including phenoxy) is 3. The SMILES string of the molecule is CC.CC.CNC(=O)N1CCc2c(c(N(C)c3cc(C(F)F)c(C)cn3)nn2C2CCOCC2)C1.COC(=O)N1CCc2c(c(N(C)c3cc(C(F)F)c(C)cn3)nn2C2CCOCC2)C1. The number of carbonyl (C=O) groups excluding carboxylic acids is 2. The van der Waals surface area contributed by atoms with Crippen molar-refractivity contribution in [3.05, 3.63) is 69.3 Å². The molecule has 0 atom stereocenters. The Labute approximate surface area is 385 Å². The van der Waals surface area contributed by atoms with E-state index in [0.29, 0.717) is 99.8 Å². The fourth-order valence-corrected chi connectivity index (χ4v) is 8.58. The van der Waals surface area contributed by atoms with E-state index in [-0.39, 0.29) is 29.2 Å². The van der Waals surface area contributed by atoms with Crippen molar-refractivity contribution in [3.8, 4) is 0 Å². The van der Waals surface area contributed by atoms with Gasteiger partial charge in [0.15, 0.2) is 11.6 Å². The van der Waals surface area contributed by atoms with Gasteiger partial charge in [-0.2, -0.15) is 10.2 Å². The second-order valence-corrected chi connectivity index (χ2v) is 16.0. The van der Waals surface area contributed by atoms with Crippen molar-refractivity contribution in [1.82, 2.24) is 44.6 Å². The number of amides is 3. The number of fused-ring (bicyclic) bond motifs is 2. The average molecular weight is 930 g/mol. The predicted octanol–water partition coefficient (Wildman–Crippen LogP) is 9.16. The molecule has 20 heteroatoms. The summed E-state index contributed by atoms with van der Waals surface area (Å²) >= 11 is 0. The van der Waals surface area contributed by atoms with Gasteiger partial charge in [-0.15, -0.1) is 0 Å². The summed E-state index contributed by atoms with van der Waals surface area (Å²) in [5, 5.41) is 12.5. The van der Waals surface area contributed by atoms with E-state index >= 15 is 0 Å². The van der Waals surface area contributed by atoms with Crippen LogP contribution in [0.3, 0.4) is 0 Å². The Hall–Kier alpha value is -5.50. The summed E-state index contributed by atoms with van der Waals surface area (Å²) in [4.78, 5) is 40.0. The zero-order valence-corrected chi connectivity index (χ0v) is 40.0. The summed E-state index contributed by atoms with van der Waals surface area (Å²) in [6, 6.07) is 3.10. The van der Waals surface area contributed by atoms with E-state index < -0.39 is 18.9 Å². The molecule has 0 radical (unpaired) electrons. The zero-order valence-electron chi connectivity index (χ0n) is 40.0. The molecule has 364 valence electrons. The monoisotopic (exact) mass is 930 g/mol. The Kier molecular flexibility index (Phi) is 18.6. The first kappa shape index (κ1) is 51.5. The lowest BCUT2D eigenvalue weighted by Gasteiger charge is -2.30. The number of nitrogens with one attached hydrogen (secondary N) is 1. The number of rotatable bonds is 8. The Morgan fingerprint density at radius 3 is 1.48 bits per heavy atom. The maximum Gasteiger partial charge on any atom is 0.409 e. The topological polar surface area (TPSA) is 148 Å². The maximum atomic E-state index is 13.4. The highest BCUT2D eigenvalue weighted by molar-refractivity contribution is 5.75. The minimum atomic E-state index is -2.58. The zero-order chi connectivity index (χ0) is 48.2. The van der Waals surface area contributed by atoms with Crippen LogP contribution in [-0.2, 0) is 40.1 Å². The van der Waals surface area contributed by atoms with Gasteiger partial charge in [-0.25, -0.2) is 37.1 Å².